The minimum atomic E-state index is -0.230. The van der Waals surface area contributed by atoms with Crippen molar-refractivity contribution in [2.24, 2.45) is 0 Å². The van der Waals surface area contributed by atoms with E-state index in [0.717, 1.165) is 24.0 Å². The van der Waals surface area contributed by atoms with Gasteiger partial charge in [-0.15, -0.1) is 0 Å². The number of carbonyl (C=O) groups excluding carboxylic acids is 2. The predicted octanol–water partition coefficient (Wildman–Crippen LogP) is 1.56. The van der Waals surface area contributed by atoms with Crippen LogP contribution in [0.3, 0.4) is 0 Å². The number of hydrogen-bond donors (Lipinski definition) is 1. The Morgan fingerprint density at radius 1 is 1.36 bits per heavy atom. The first kappa shape index (κ1) is 16.0. The molecular formula is C17H21N3O2. The molecule has 1 saturated heterocycles. The van der Waals surface area contributed by atoms with Gasteiger partial charge in [0.15, 0.2) is 0 Å². The molecule has 1 N–H and O–H groups in total. The lowest BCUT2D eigenvalue weighted by Gasteiger charge is -2.32. The smallest absolute Gasteiger partial charge is 0.234 e. The number of nitriles is 1. The van der Waals surface area contributed by atoms with Crippen LogP contribution in [0.4, 0.5) is 0 Å². The highest BCUT2D eigenvalue weighted by Gasteiger charge is 2.23. The molecule has 22 heavy (non-hydrogen) atoms. The molecule has 1 aliphatic rings. The number of carbonyl (C=O) groups is 2. The summed E-state index contributed by atoms with van der Waals surface area (Å²) in [4.78, 5) is 25.5. The molecule has 1 aromatic carbocycles. The van der Waals surface area contributed by atoms with E-state index in [9.17, 15) is 9.59 Å². The van der Waals surface area contributed by atoms with Crippen molar-refractivity contribution in [1.82, 2.24) is 10.2 Å². The second-order valence-electron chi connectivity index (χ2n) is 5.72. The Hall–Kier alpha value is -2.35. The van der Waals surface area contributed by atoms with E-state index in [2.05, 4.69) is 5.32 Å². The molecule has 0 aliphatic carbocycles. The minimum absolute atomic E-state index is 0.0730. The van der Waals surface area contributed by atoms with Gasteiger partial charge in [0.1, 0.15) is 6.42 Å². The fraction of sp³-hybridized carbons (Fsp3) is 0.471. The van der Waals surface area contributed by atoms with Crippen LogP contribution in [0, 0.1) is 18.3 Å². The van der Waals surface area contributed by atoms with Gasteiger partial charge in [-0.3, -0.25) is 9.59 Å². The van der Waals surface area contributed by atoms with Crippen molar-refractivity contribution in [1.29, 1.82) is 5.26 Å². The van der Waals surface area contributed by atoms with Crippen molar-refractivity contribution in [3.05, 3.63) is 35.4 Å². The summed E-state index contributed by atoms with van der Waals surface area (Å²) in [6.45, 7) is 3.33. The molecule has 0 radical (unpaired) electrons. The zero-order valence-corrected chi connectivity index (χ0v) is 12.8. The predicted molar refractivity (Wildman–Crippen MR) is 82.9 cm³/mol. The Morgan fingerprint density at radius 2 is 2.09 bits per heavy atom. The van der Waals surface area contributed by atoms with Gasteiger partial charge in [0.25, 0.3) is 0 Å². The van der Waals surface area contributed by atoms with Crippen LogP contribution in [-0.2, 0) is 16.0 Å². The second-order valence-corrected chi connectivity index (χ2v) is 5.72. The van der Waals surface area contributed by atoms with Gasteiger partial charge >= 0.3 is 0 Å². The topological polar surface area (TPSA) is 73.2 Å². The van der Waals surface area contributed by atoms with Crippen LogP contribution in [0.5, 0.6) is 0 Å². The molecule has 0 aromatic heterocycles. The van der Waals surface area contributed by atoms with Crippen molar-refractivity contribution in [2.45, 2.75) is 38.6 Å². The van der Waals surface area contributed by atoms with Crippen LogP contribution in [-0.4, -0.2) is 35.8 Å². The molecule has 116 valence electrons. The molecule has 1 aromatic rings. The van der Waals surface area contributed by atoms with Gasteiger partial charge in [-0.25, -0.2) is 0 Å². The molecule has 0 spiro atoms. The lowest BCUT2D eigenvalue weighted by Crippen LogP contribution is -2.46. The highest BCUT2D eigenvalue weighted by atomic mass is 16.2. The Kier molecular flexibility index (Phi) is 5.54. The van der Waals surface area contributed by atoms with Crippen LogP contribution in [0.25, 0.3) is 0 Å². The number of likely N-dealkylation sites (tertiary alicyclic amines) is 1. The number of benzene rings is 1. The van der Waals surface area contributed by atoms with Gasteiger partial charge in [-0.2, -0.15) is 5.26 Å². The van der Waals surface area contributed by atoms with Gasteiger partial charge in [-0.1, -0.05) is 29.8 Å². The summed E-state index contributed by atoms with van der Waals surface area (Å²) in [7, 11) is 0. The van der Waals surface area contributed by atoms with E-state index in [0.29, 0.717) is 19.5 Å². The molecule has 5 heteroatoms. The lowest BCUT2D eigenvalue weighted by molar-refractivity contribution is -0.131. The summed E-state index contributed by atoms with van der Waals surface area (Å²) >= 11 is 0. The van der Waals surface area contributed by atoms with E-state index in [1.807, 2.05) is 42.2 Å². The summed E-state index contributed by atoms with van der Waals surface area (Å²) in [5, 5.41) is 11.3. The Morgan fingerprint density at radius 3 is 2.73 bits per heavy atom. The highest BCUT2D eigenvalue weighted by molar-refractivity contribution is 5.79. The SMILES string of the molecule is Cc1cccc(CC(=O)N2CCC(NC(=O)CC#N)CC2)c1. The first-order chi connectivity index (χ1) is 10.6. The number of nitrogens with zero attached hydrogens (tertiary/aromatic N) is 2. The third-order valence-corrected chi connectivity index (χ3v) is 3.89. The molecule has 0 saturated carbocycles. The maximum Gasteiger partial charge on any atom is 0.234 e. The molecule has 1 heterocycles. The first-order valence-corrected chi connectivity index (χ1v) is 7.58. The van der Waals surface area contributed by atoms with Gasteiger partial charge in [0.2, 0.25) is 11.8 Å². The average Bonchev–Trinajstić information content (AvgIpc) is 2.48. The third-order valence-electron chi connectivity index (χ3n) is 3.89. The minimum Gasteiger partial charge on any atom is -0.352 e. The fourth-order valence-electron chi connectivity index (χ4n) is 2.73. The molecule has 5 nitrogen and oxygen atoms in total. The molecule has 1 aliphatic heterocycles. The number of rotatable bonds is 4. The third kappa shape index (κ3) is 4.59. The first-order valence-electron chi connectivity index (χ1n) is 7.58. The molecule has 0 atom stereocenters. The largest absolute Gasteiger partial charge is 0.352 e. The van der Waals surface area contributed by atoms with E-state index < -0.39 is 0 Å². The van der Waals surface area contributed by atoms with Gasteiger partial charge in [-0.05, 0) is 25.3 Å². The summed E-state index contributed by atoms with van der Waals surface area (Å²) in [5.41, 5.74) is 2.19. The average molecular weight is 299 g/mol. The Bertz CT molecular complexity index is 584. The molecule has 0 unspecified atom stereocenters. The van der Waals surface area contributed by atoms with Gasteiger partial charge in [0.05, 0.1) is 12.5 Å². The van der Waals surface area contributed by atoms with Crippen molar-refractivity contribution in [2.75, 3.05) is 13.1 Å². The van der Waals surface area contributed by atoms with Gasteiger partial charge < -0.3 is 10.2 Å². The number of nitrogens with one attached hydrogen (secondary N) is 1. The number of piperidine rings is 1. The molecule has 0 bridgehead atoms. The van der Waals surface area contributed by atoms with Crippen molar-refractivity contribution >= 4 is 11.8 Å². The highest BCUT2D eigenvalue weighted by Crippen LogP contribution is 2.13. The maximum atomic E-state index is 12.3. The fourth-order valence-corrected chi connectivity index (χ4v) is 2.73. The summed E-state index contributed by atoms with van der Waals surface area (Å²) in [5.74, 6) is -0.0977. The van der Waals surface area contributed by atoms with Crippen LogP contribution in [0.15, 0.2) is 24.3 Å². The number of hydrogen-bond acceptors (Lipinski definition) is 3. The lowest BCUT2D eigenvalue weighted by atomic mass is 10.0. The standard InChI is InChI=1S/C17H21N3O2/c1-13-3-2-4-14(11-13)12-17(22)20-9-6-15(7-10-20)19-16(21)5-8-18/h2-4,11,15H,5-7,9-10,12H2,1H3,(H,19,21). The Labute approximate surface area is 130 Å². The number of aryl methyl sites for hydroxylation is 1. The summed E-state index contributed by atoms with van der Waals surface area (Å²) in [6, 6.07) is 9.90. The van der Waals surface area contributed by atoms with E-state index >= 15 is 0 Å². The molecule has 2 amide bonds. The monoisotopic (exact) mass is 299 g/mol. The van der Waals surface area contributed by atoms with E-state index in [4.69, 9.17) is 5.26 Å². The van der Waals surface area contributed by atoms with Gasteiger partial charge in [0, 0.05) is 19.1 Å². The summed E-state index contributed by atoms with van der Waals surface area (Å²) in [6.07, 6.45) is 1.81. The van der Waals surface area contributed by atoms with Crippen molar-refractivity contribution in [3.63, 3.8) is 0 Å². The van der Waals surface area contributed by atoms with Crippen LogP contribution >= 0.6 is 0 Å². The number of amides is 2. The Balaban J connectivity index is 1.80. The van der Waals surface area contributed by atoms with Crippen LogP contribution < -0.4 is 5.32 Å². The maximum absolute atomic E-state index is 12.3. The van der Waals surface area contributed by atoms with Crippen LogP contribution in [0.1, 0.15) is 30.4 Å². The van der Waals surface area contributed by atoms with Crippen molar-refractivity contribution in [3.8, 4) is 6.07 Å². The molecule has 2 rings (SSSR count). The molecular weight excluding hydrogens is 278 g/mol. The zero-order chi connectivity index (χ0) is 15.9. The normalized spacial score (nSPS) is 15.2. The summed E-state index contributed by atoms with van der Waals surface area (Å²) < 4.78 is 0. The van der Waals surface area contributed by atoms with E-state index in [1.165, 1.54) is 0 Å². The van der Waals surface area contributed by atoms with Crippen LogP contribution in [0.2, 0.25) is 0 Å². The zero-order valence-electron chi connectivity index (χ0n) is 12.8. The van der Waals surface area contributed by atoms with E-state index in [1.54, 1.807) is 0 Å². The molecule has 1 fully saturated rings. The van der Waals surface area contributed by atoms with Crippen molar-refractivity contribution < 1.29 is 9.59 Å². The van der Waals surface area contributed by atoms with E-state index in [-0.39, 0.29) is 24.3 Å². The quantitative estimate of drug-likeness (QED) is 0.917. The second kappa shape index (κ2) is 7.60.